The number of aromatic nitrogens is 2. The van der Waals surface area contributed by atoms with E-state index in [0.29, 0.717) is 5.69 Å². The second kappa shape index (κ2) is 6.06. The zero-order valence-corrected chi connectivity index (χ0v) is 13.0. The first-order chi connectivity index (χ1) is 11.0. The fourth-order valence-electron chi connectivity index (χ4n) is 2.46. The van der Waals surface area contributed by atoms with Gasteiger partial charge in [-0.2, -0.15) is 0 Å². The summed E-state index contributed by atoms with van der Waals surface area (Å²) in [6.45, 7) is 1.60. The molecule has 2 aromatic rings. The van der Waals surface area contributed by atoms with Gasteiger partial charge >= 0.3 is 0 Å². The summed E-state index contributed by atoms with van der Waals surface area (Å²) < 4.78 is 0. The molecule has 3 rings (SSSR count). The lowest BCUT2D eigenvalue weighted by Gasteiger charge is -2.18. The molecule has 0 unspecified atom stereocenters. The van der Waals surface area contributed by atoms with Crippen LogP contribution in [0, 0.1) is 0 Å². The molecule has 4 N–H and O–H groups in total. The first-order valence-electron chi connectivity index (χ1n) is 7.64. The summed E-state index contributed by atoms with van der Waals surface area (Å²) in [5.74, 6) is -0.155. The monoisotopic (exact) mass is 312 g/mol. The standard InChI is InChI=1S/C17H20N4O2/c1-11(18)16(23)21-17(6-7-17)15-5-3-13(9-20-15)12-2-4-14(10-22)19-8-12/h2-5,8-9,11,22H,6-7,10,18H2,1H3,(H,21,23)/t11-/m0/s1. The van der Waals surface area contributed by atoms with Gasteiger partial charge < -0.3 is 16.2 Å². The van der Waals surface area contributed by atoms with Gasteiger partial charge in [-0.05, 0) is 31.9 Å². The molecule has 120 valence electrons. The van der Waals surface area contributed by atoms with E-state index in [1.54, 1.807) is 25.4 Å². The average Bonchev–Trinajstić information content (AvgIpc) is 3.36. The third-order valence-corrected chi connectivity index (χ3v) is 4.10. The number of aliphatic hydroxyl groups excluding tert-OH is 1. The van der Waals surface area contributed by atoms with Gasteiger partial charge in [0, 0.05) is 23.5 Å². The summed E-state index contributed by atoms with van der Waals surface area (Å²) in [7, 11) is 0. The van der Waals surface area contributed by atoms with E-state index >= 15 is 0 Å². The maximum atomic E-state index is 11.8. The lowest BCUT2D eigenvalue weighted by Crippen LogP contribution is -2.44. The van der Waals surface area contributed by atoms with Gasteiger partial charge in [-0.1, -0.05) is 12.1 Å². The predicted molar refractivity (Wildman–Crippen MR) is 86.1 cm³/mol. The Morgan fingerprint density at radius 2 is 1.91 bits per heavy atom. The van der Waals surface area contributed by atoms with Crippen molar-refractivity contribution < 1.29 is 9.90 Å². The molecule has 0 radical (unpaired) electrons. The van der Waals surface area contributed by atoms with Crippen molar-refractivity contribution in [1.82, 2.24) is 15.3 Å². The number of pyridine rings is 2. The molecule has 6 nitrogen and oxygen atoms in total. The molecule has 2 aromatic heterocycles. The van der Waals surface area contributed by atoms with E-state index in [0.717, 1.165) is 29.7 Å². The van der Waals surface area contributed by atoms with Gasteiger partial charge in [0.25, 0.3) is 0 Å². The van der Waals surface area contributed by atoms with Crippen LogP contribution in [0.1, 0.15) is 31.2 Å². The average molecular weight is 312 g/mol. The van der Waals surface area contributed by atoms with Crippen LogP contribution in [0.4, 0.5) is 0 Å². The van der Waals surface area contributed by atoms with Crippen LogP contribution >= 0.6 is 0 Å². The third kappa shape index (κ3) is 3.23. The molecule has 1 fully saturated rings. The Labute approximate surface area is 134 Å². The van der Waals surface area contributed by atoms with Crippen molar-refractivity contribution in [3.05, 3.63) is 48.0 Å². The summed E-state index contributed by atoms with van der Waals surface area (Å²) >= 11 is 0. The van der Waals surface area contributed by atoms with Crippen molar-refractivity contribution in [1.29, 1.82) is 0 Å². The van der Waals surface area contributed by atoms with E-state index in [1.165, 1.54) is 0 Å². The minimum absolute atomic E-state index is 0.0702. The van der Waals surface area contributed by atoms with Gasteiger partial charge in [0.1, 0.15) is 0 Å². The maximum Gasteiger partial charge on any atom is 0.237 e. The Morgan fingerprint density at radius 3 is 2.35 bits per heavy atom. The van der Waals surface area contributed by atoms with E-state index in [2.05, 4.69) is 15.3 Å². The van der Waals surface area contributed by atoms with Crippen LogP contribution in [0.25, 0.3) is 11.1 Å². The molecule has 1 atom stereocenters. The quantitative estimate of drug-likeness (QED) is 0.767. The predicted octanol–water partition coefficient (Wildman–Crippen LogP) is 1.09. The fourth-order valence-corrected chi connectivity index (χ4v) is 2.46. The normalized spacial score (nSPS) is 16.7. The van der Waals surface area contributed by atoms with Gasteiger partial charge in [-0.25, -0.2) is 0 Å². The van der Waals surface area contributed by atoms with E-state index in [-0.39, 0.29) is 18.1 Å². The number of amides is 1. The Kier molecular flexibility index (Phi) is 4.11. The van der Waals surface area contributed by atoms with Crippen LogP contribution in [0.3, 0.4) is 0 Å². The first kappa shape index (κ1) is 15.6. The van der Waals surface area contributed by atoms with Crippen LogP contribution < -0.4 is 11.1 Å². The van der Waals surface area contributed by atoms with Crippen molar-refractivity contribution >= 4 is 5.91 Å². The molecule has 0 aliphatic heterocycles. The highest BCUT2D eigenvalue weighted by atomic mass is 16.3. The maximum absolute atomic E-state index is 11.8. The SMILES string of the molecule is C[C@H](N)C(=O)NC1(c2ccc(-c3ccc(CO)nc3)cn2)CC1. The second-order valence-corrected chi connectivity index (χ2v) is 5.99. The van der Waals surface area contributed by atoms with Crippen LogP contribution in [-0.4, -0.2) is 27.0 Å². The Bertz CT molecular complexity index is 692. The zero-order valence-electron chi connectivity index (χ0n) is 13.0. The Balaban J connectivity index is 1.78. The number of carbonyl (C=O) groups is 1. The number of nitrogens with zero attached hydrogens (tertiary/aromatic N) is 2. The number of nitrogens with two attached hydrogens (primary N) is 1. The molecule has 0 spiro atoms. The van der Waals surface area contributed by atoms with Gasteiger partial charge in [0.2, 0.25) is 5.91 Å². The number of carbonyl (C=O) groups excluding carboxylic acids is 1. The lowest BCUT2D eigenvalue weighted by atomic mass is 10.1. The molecule has 1 aliphatic rings. The van der Waals surface area contributed by atoms with E-state index < -0.39 is 6.04 Å². The molecule has 6 heteroatoms. The van der Waals surface area contributed by atoms with Crippen LogP contribution in [0.15, 0.2) is 36.7 Å². The summed E-state index contributed by atoms with van der Waals surface area (Å²) in [5.41, 5.74) is 8.63. The molecule has 1 aliphatic carbocycles. The number of rotatable bonds is 5. The molecule has 23 heavy (non-hydrogen) atoms. The molecule has 0 saturated heterocycles. The third-order valence-electron chi connectivity index (χ3n) is 4.10. The van der Waals surface area contributed by atoms with Crippen molar-refractivity contribution in [2.24, 2.45) is 5.73 Å². The van der Waals surface area contributed by atoms with Crippen LogP contribution in [0.5, 0.6) is 0 Å². The molecule has 2 heterocycles. The van der Waals surface area contributed by atoms with Crippen LogP contribution in [0.2, 0.25) is 0 Å². The molecule has 1 saturated carbocycles. The van der Waals surface area contributed by atoms with E-state index in [9.17, 15) is 4.79 Å². The van der Waals surface area contributed by atoms with Gasteiger partial charge in [-0.15, -0.1) is 0 Å². The topological polar surface area (TPSA) is 101 Å². The summed E-state index contributed by atoms with van der Waals surface area (Å²) in [6, 6.07) is 7.07. The second-order valence-electron chi connectivity index (χ2n) is 5.99. The van der Waals surface area contributed by atoms with Crippen molar-refractivity contribution in [3.63, 3.8) is 0 Å². The summed E-state index contributed by atoms with van der Waals surface area (Å²) in [4.78, 5) is 20.5. The number of aliphatic hydroxyl groups is 1. The van der Waals surface area contributed by atoms with Gasteiger partial charge in [0.15, 0.2) is 0 Å². The smallest absolute Gasteiger partial charge is 0.237 e. The number of hydrogen-bond donors (Lipinski definition) is 3. The summed E-state index contributed by atoms with van der Waals surface area (Å²) in [5, 5.41) is 12.0. The Morgan fingerprint density at radius 1 is 1.26 bits per heavy atom. The van der Waals surface area contributed by atoms with Crippen LogP contribution in [-0.2, 0) is 16.9 Å². The highest BCUT2D eigenvalue weighted by molar-refractivity contribution is 5.82. The lowest BCUT2D eigenvalue weighted by molar-refractivity contribution is -0.123. The molecule has 1 amide bonds. The fraction of sp³-hybridized carbons (Fsp3) is 0.353. The number of nitrogens with one attached hydrogen (secondary N) is 1. The Hall–Kier alpha value is -2.31. The van der Waals surface area contributed by atoms with Crippen molar-refractivity contribution in [2.45, 2.75) is 38.0 Å². The highest BCUT2D eigenvalue weighted by Gasteiger charge is 2.47. The minimum atomic E-state index is -0.525. The first-order valence-corrected chi connectivity index (χ1v) is 7.64. The minimum Gasteiger partial charge on any atom is -0.390 e. The van der Waals surface area contributed by atoms with Crippen molar-refractivity contribution in [2.75, 3.05) is 0 Å². The molecule has 0 bridgehead atoms. The zero-order chi connectivity index (χ0) is 16.4. The van der Waals surface area contributed by atoms with Crippen molar-refractivity contribution in [3.8, 4) is 11.1 Å². The van der Waals surface area contributed by atoms with E-state index in [4.69, 9.17) is 10.8 Å². The number of hydrogen-bond acceptors (Lipinski definition) is 5. The van der Waals surface area contributed by atoms with Gasteiger partial charge in [-0.3, -0.25) is 14.8 Å². The van der Waals surface area contributed by atoms with E-state index in [1.807, 2.05) is 18.2 Å². The largest absolute Gasteiger partial charge is 0.390 e. The molecular weight excluding hydrogens is 292 g/mol. The molecule has 0 aromatic carbocycles. The highest BCUT2D eigenvalue weighted by Crippen LogP contribution is 2.44. The molecular formula is C17H20N4O2. The summed E-state index contributed by atoms with van der Waals surface area (Å²) in [6.07, 6.45) is 5.26. The van der Waals surface area contributed by atoms with Gasteiger partial charge in [0.05, 0.1) is 29.6 Å².